The van der Waals surface area contributed by atoms with E-state index in [-0.39, 0.29) is 0 Å². The van der Waals surface area contributed by atoms with Crippen LogP contribution in [0.15, 0.2) is 53.3 Å². The Balaban J connectivity index is 1.66. The van der Waals surface area contributed by atoms with Crippen LogP contribution < -0.4 is 4.74 Å². The molecule has 0 atom stereocenters. The summed E-state index contributed by atoms with van der Waals surface area (Å²) < 4.78 is 7.14. The number of hydrogen-bond donors (Lipinski definition) is 0. The van der Waals surface area contributed by atoms with E-state index in [0.29, 0.717) is 0 Å². The van der Waals surface area contributed by atoms with Crippen molar-refractivity contribution < 1.29 is 4.74 Å². The van der Waals surface area contributed by atoms with Gasteiger partial charge in [0.05, 0.1) is 18.3 Å². The highest BCUT2D eigenvalue weighted by Crippen LogP contribution is 2.31. The molecule has 0 aliphatic heterocycles. The van der Waals surface area contributed by atoms with E-state index in [9.17, 15) is 0 Å². The normalized spacial score (nSPS) is 11.1. The minimum Gasteiger partial charge on any atom is -0.497 e. The minimum absolute atomic E-state index is 0.760. The fourth-order valence-electron chi connectivity index (χ4n) is 2.51. The maximum Gasteiger partial charge on any atom is 0.190 e. The number of aromatic nitrogens is 4. The molecular formula is C18H16N4OS2. The lowest BCUT2D eigenvalue weighted by atomic mass is 10.2. The fraction of sp³-hybridized carbons (Fsp3) is 0.167. The molecule has 3 heterocycles. The van der Waals surface area contributed by atoms with Crippen molar-refractivity contribution in [2.45, 2.75) is 10.9 Å². The third kappa shape index (κ3) is 3.25. The van der Waals surface area contributed by atoms with Crippen LogP contribution >= 0.6 is 23.1 Å². The van der Waals surface area contributed by atoms with Crippen LogP contribution in [0.25, 0.3) is 21.7 Å². The molecule has 5 nitrogen and oxygen atoms in total. The van der Waals surface area contributed by atoms with Crippen molar-refractivity contribution in [3.63, 3.8) is 0 Å². The molecule has 0 N–H and O–H groups in total. The molecule has 0 saturated carbocycles. The lowest BCUT2D eigenvalue weighted by Crippen LogP contribution is -1.96. The van der Waals surface area contributed by atoms with E-state index < -0.39 is 0 Å². The number of thiophene rings is 1. The summed E-state index contributed by atoms with van der Waals surface area (Å²) in [5, 5.41) is 2.81. The first-order valence-electron chi connectivity index (χ1n) is 7.73. The van der Waals surface area contributed by atoms with Gasteiger partial charge in [-0.25, -0.2) is 15.0 Å². The summed E-state index contributed by atoms with van der Waals surface area (Å²) in [6, 6.07) is 12.2. The fourth-order valence-corrected chi connectivity index (χ4v) is 4.02. The number of thioether (sulfide) groups is 1. The Hall–Kier alpha value is -2.38. The number of aryl methyl sites for hydroxylation is 1. The molecule has 4 rings (SSSR count). The summed E-state index contributed by atoms with van der Waals surface area (Å²) in [4.78, 5) is 15.0. The van der Waals surface area contributed by atoms with Crippen LogP contribution in [0.3, 0.4) is 0 Å². The van der Waals surface area contributed by atoms with E-state index in [0.717, 1.165) is 38.4 Å². The molecule has 3 aromatic heterocycles. The van der Waals surface area contributed by atoms with E-state index in [1.54, 1.807) is 36.5 Å². The van der Waals surface area contributed by atoms with Crippen molar-refractivity contribution in [1.29, 1.82) is 0 Å². The summed E-state index contributed by atoms with van der Waals surface area (Å²) >= 11 is 3.29. The van der Waals surface area contributed by atoms with Crippen LogP contribution in [0, 0.1) is 0 Å². The largest absolute Gasteiger partial charge is 0.497 e. The Labute approximate surface area is 153 Å². The summed E-state index contributed by atoms with van der Waals surface area (Å²) in [5.74, 6) is 1.67. The second-order valence-corrected chi connectivity index (χ2v) is 7.39. The monoisotopic (exact) mass is 368 g/mol. The van der Waals surface area contributed by atoms with Crippen molar-refractivity contribution >= 4 is 34.3 Å². The van der Waals surface area contributed by atoms with Gasteiger partial charge in [0.1, 0.15) is 17.0 Å². The Kier molecular flexibility index (Phi) is 4.42. The number of nitrogens with zero attached hydrogens (tertiary/aromatic N) is 4. The van der Waals surface area contributed by atoms with Crippen LogP contribution in [0.1, 0.15) is 5.56 Å². The maximum absolute atomic E-state index is 5.20. The van der Waals surface area contributed by atoms with Gasteiger partial charge in [0.2, 0.25) is 0 Å². The van der Waals surface area contributed by atoms with Crippen molar-refractivity contribution in [1.82, 2.24) is 19.5 Å². The van der Waals surface area contributed by atoms with Crippen molar-refractivity contribution in [3.05, 3.63) is 53.7 Å². The van der Waals surface area contributed by atoms with E-state index in [4.69, 9.17) is 9.72 Å². The molecule has 0 saturated heterocycles. The Morgan fingerprint density at radius 3 is 2.72 bits per heavy atom. The smallest absolute Gasteiger partial charge is 0.190 e. The molecule has 0 amide bonds. The molecular weight excluding hydrogens is 352 g/mol. The highest BCUT2D eigenvalue weighted by atomic mass is 32.2. The van der Waals surface area contributed by atoms with Gasteiger partial charge >= 0.3 is 0 Å². The third-order valence-corrected chi connectivity index (χ3v) is 5.62. The molecule has 0 unspecified atom stereocenters. The van der Waals surface area contributed by atoms with Gasteiger partial charge in [0.25, 0.3) is 0 Å². The Bertz CT molecular complexity index is 994. The molecule has 7 heteroatoms. The second kappa shape index (κ2) is 6.85. The van der Waals surface area contributed by atoms with Gasteiger partial charge < -0.3 is 9.30 Å². The first-order chi connectivity index (χ1) is 12.2. The highest BCUT2D eigenvalue weighted by molar-refractivity contribution is 7.98. The van der Waals surface area contributed by atoms with E-state index in [1.807, 2.05) is 29.8 Å². The van der Waals surface area contributed by atoms with Crippen molar-refractivity contribution in [2.24, 2.45) is 7.05 Å². The number of fused-ring (bicyclic) bond motifs is 1. The van der Waals surface area contributed by atoms with E-state index >= 15 is 0 Å². The third-order valence-electron chi connectivity index (χ3n) is 3.82. The number of methoxy groups -OCH3 is 1. The highest BCUT2D eigenvalue weighted by Gasteiger charge is 2.14. The van der Waals surface area contributed by atoms with Crippen molar-refractivity contribution in [3.8, 4) is 16.3 Å². The molecule has 4 aromatic rings. The first kappa shape index (κ1) is 16.1. The standard InChI is InChI=1S/C18H16N4OS2/c1-22-11-19-16-15(14-4-3-9-24-14)20-18(21-17(16)22)25-10-12-5-7-13(23-2)8-6-12/h3-9,11H,10H2,1-2H3. The number of hydrogen-bond acceptors (Lipinski definition) is 6. The Morgan fingerprint density at radius 1 is 1.16 bits per heavy atom. The van der Waals surface area contributed by atoms with Gasteiger partial charge in [-0.1, -0.05) is 30.0 Å². The molecule has 0 aliphatic rings. The predicted octanol–water partition coefficient (Wildman–Crippen LogP) is 4.39. The van der Waals surface area contributed by atoms with Gasteiger partial charge in [0.15, 0.2) is 10.8 Å². The zero-order valence-corrected chi connectivity index (χ0v) is 15.5. The van der Waals surface area contributed by atoms with Crippen LogP contribution in [-0.2, 0) is 12.8 Å². The quantitative estimate of drug-likeness (QED) is 0.386. The summed E-state index contributed by atoms with van der Waals surface area (Å²) in [5.41, 5.74) is 3.81. The van der Waals surface area contributed by atoms with Gasteiger partial charge in [-0.3, -0.25) is 0 Å². The summed E-state index contributed by atoms with van der Waals surface area (Å²) in [6.07, 6.45) is 1.79. The lowest BCUT2D eigenvalue weighted by molar-refractivity contribution is 0.414. The molecule has 25 heavy (non-hydrogen) atoms. The van der Waals surface area contributed by atoms with Crippen LogP contribution in [0.4, 0.5) is 0 Å². The predicted molar refractivity (Wildman–Crippen MR) is 102 cm³/mol. The van der Waals surface area contributed by atoms with Gasteiger partial charge in [-0.2, -0.15) is 0 Å². The molecule has 0 radical (unpaired) electrons. The molecule has 0 aliphatic carbocycles. The average Bonchev–Trinajstić information content (AvgIpc) is 3.30. The topological polar surface area (TPSA) is 52.8 Å². The SMILES string of the molecule is COc1ccc(CSc2nc(-c3cccs3)c3ncn(C)c3n2)cc1. The Morgan fingerprint density at radius 2 is 2.00 bits per heavy atom. The molecule has 0 bridgehead atoms. The number of imidazole rings is 1. The number of benzene rings is 1. The van der Waals surface area contributed by atoms with Gasteiger partial charge in [-0.15, -0.1) is 11.3 Å². The van der Waals surface area contributed by atoms with Crippen molar-refractivity contribution in [2.75, 3.05) is 7.11 Å². The molecule has 0 spiro atoms. The minimum atomic E-state index is 0.760. The number of rotatable bonds is 5. The van der Waals surface area contributed by atoms with Crippen LogP contribution in [-0.4, -0.2) is 26.6 Å². The summed E-state index contributed by atoms with van der Waals surface area (Å²) in [7, 11) is 3.63. The maximum atomic E-state index is 5.20. The molecule has 0 fully saturated rings. The van der Waals surface area contributed by atoms with Gasteiger partial charge in [-0.05, 0) is 29.1 Å². The molecule has 126 valence electrons. The van der Waals surface area contributed by atoms with E-state index in [1.165, 1.54) is 5.56 Å². The summed E-state index contributed by atoms with van der Waals surface area (Å²) in [6.45, 7) is 0. The average molecular weight is 368 g/mol. The second-order valence-electron chi connectivity index (χ2n) is 5.50. The zero-order chi connectivity index (χ0) is 17.2. The first-order valence-corrected chi connectivity index (χ1v) is 9.60. The molecule has 1 aromatic carbocycles. The van der Waals surface area contributed by atoms with Crippen LogP contribution in [0.5, 0.6) is 5.75 Å². The lowest BCUT2D eigenvalue weighted by Gasteiger charge is -2.06. The van der Waals surface area contributed by atoms with Crippen LogP contribution in [0.2, 0.25) is 0 Å². The van der Waals surface area contributed by atoms with Gasteiger partial charge in [0, 0.05) is 12.8 Å². The van der Waals surface area contributed by atoms with E-state index in [2.05, 4.69) is 33.5 Å². The zero-order valence-electron chi connectivity index (χ0n) is 13.8. The number of ether oxygens (including phenoxy) is 1.